The van der Waals surface area contributed by atoms with Gasteiger partial charge in [-0.15, -0.1) is 6.58 Å². The molecule has 10 aromatic carbocycles. The maximum Gasteiger partial charge on any atom is 0.335 e. The Hall–Kier alpha value is -10.9. The number of benzene rings is 10. The molecule has 11 N–H and O–H groups in total. The number of halogens is 6. The molecular formula is C92H104F6N8O10S3. The highest BCUT2D eigenvalue weighted by atomic mass is 32.2. The molecule has 119 heavy (non-hydrogen) atoms. The third-order valence-electron chi connectivity index (χ3n) is 17.3. The molecule has 0 radical (unpaired) electrons. The van der Waals surface area contributed by atoms with Crippen LogP contribution in [-0.4, -0.2) is 108 Å². The lowest BCUT2D eigenvalue weighted by atomic mass is 9.99. The Labute approximate surface area is 699 Å². The van der Waals surface area contributed by atoms with Gasteiger partial charge in [-0.3, -0.25) is 14.7 Å². The van der Waals surface area contributed by atoms with Gasteiger partial charge in [0.05, 0.1) is 71.1 Å². The number of carboxylic acid groups (broad SMARTS) is 1. The maximum absolute atomic E-state index is 14.2. The lowest BCUT2D eigenvalue weighted by Gasteiger charge is -2.24. The van der Waals surface area contributed by atoms with Crippen LogP contribution >= 0.6 is 0 Å². The van der Waals surface area contributed by atoms with Crippen molar-refractivity contribution in [3.05, 3.63) is 340 Å². The molecule has 0 aliphatic heterocycles. The number of nitrogens with zero attached hydrogens (tertiary/aromatic N) is 2. The Morgan fingerprint density at radius 1 is 0.513 bits per heavy atom. The molecule has 0 aliphatic rings. The number of nitrogens with one attached hydrogen (secondary N) is 5. The van der Waals surface area contributed by atoms with Crippen LogP contribution in [0.1, 0.15) is 182 Å². The van der Waals surface area contributed by atoms with Gasteiger partial charge in [-0.2, -0.15) is 9.50 Å². The topological polar surface area (TPSA) is 310 Å². The van der Waals surface area contributed by atoms with Crippen molar-refractivity contribution in [3.63, 3.8) is 0 Å². The normalized spacial score (nSPS) is 12.9. The van der Waals surface area contributed by atoms with Gasteiger partial charge in [-0.25, -0.2) is 53.2 Å². The summed E-state index contributed by atoms with van der Waals surface area (Å²) in [7, 11) is -3.89. The second-order valence-electron chi connectivity index (χ2n) is 29.5. The van der Waals surface area contributed by atoms with E-state index in [1.165, 1.54) is 54.9 Å². The number of nitrogens with two attached hydrogens (primary N) is 1. The average Bonchev–Trinajstić information content (AvgIpc) is 1.71. The molecule has 7 atom stereocenters. The van der Waals surface area contributed by atoms with Gasteiger partial charge in [0.15, 0.2) is 6.29 Å². The van der Waals surface area contributed by atoms with Gasteiger partial charge in [0.2, 0.25) is 0 Å². The summed E-state index contributed by atoms with van der Waals surface area (Å²) in [6, 6.07) is 61.5. The number of aliphatic hydroxyl groups is 3. The number of carbonyl (C=O) groups excluding carboxylic acids is 2. The predicted molar refractivity (Wildman–Crippen MR) is 467 cm³/mol. The fourth-order valence-corrected chi connectivity index (χ4v) is 12.8. The first kappa shape index (κ1) is 98.7. The van der Waals surface area contributed by atoms with Crippen molar-refractivity contribution in [3.8, 4) is 22.3 Å². The van der Waals surface area contributed by atoms with Crippen molar-refractivity contribution >= 4 is 74.5 Å². The first-order valence-corrected chi connectivity index (χ1v) is 41.1. The summed E-state index contributed by atoms with van der Waals surface area (Å²) < 4.78 is 124. The molecule has 1 amide bonds. The number of aldehydes is 1. The summed E-state index contributed by atoms with van der Waals surface area (Å²) in [4.78, 5) is 33.8. The average molecular weight is 1690 g/mol. The van der Waals surface area contributed by atoms with Crippen LogP contribution in [0.15, 0.2) is 254 Å². The number of rotatable bonds is 25. The number of aromatic nitrogens is 2. The largest absolute Gasteiger partial charge is 0.478 e. The van der Waals surface area contributed by atoms with Crippen LogP contribution in [-0.2, 0) is 33.0 Å². The molecule has 0 fully saturated rings. The van der Waals surface area contributed by atoms with Crippen LogP contribution in [0.5, 0.6) is 0 Å². The molecule has 0 bridgehead atoms. The van der Waals surface area contributed by atoms with Gasteiger partial charge in [0.25, 0.3) is 5.91 Å². The Morgan fingerprint density at radius 3 is 1.39 bits per heavy atom. The number of carbonyl (C=O) groups is 3. The fraction of sp³-hybridized carbons (Fsp3) is 0.261. The Balaban J connectivity index is 0.000000254. The summed E-state index contributed by atoms with van der Waals surface area (Å²) in [5, 5.41) is 54.1. The first-order chi connectivity index (χ1) is 56.5. The van der Waals surface area contributed by atoms with Gasteiger partial charge in [0.1, 0.15) is 45.9 Å². The van der Waals surface area contributed by atoms with Crippen LogP contribution < -0.4 is 20.5 Å². The van der Waals surface area contributed by atoms with Crippen LogP contribution in [0.25, 0.3) is 33.2 Å². The quantitative estimate of drug-likeness (QED) is 0.0111. The van der Waals surface area contributed by atoms with Crippen molar-refractivity contribution in [2.24, 2.45) is 10.1 Å². The zero-order chi connectivity index (χ0) is 88.0. The van der Waals surface area contributed by atoms with E-state index < -0.39 is 78.2 Å². The number of aryl methyl sites for hydroxylation is 1. The molecule has 0 aliphatic carbocycles. The molecule has 18 nitrogen and oxygen atoms in total. The summed E-state index contributed by atoms with van der Waals surface area (Å²) >= 11 is 0. The van der Waals surface area contributed by atoms with Crippen molar-refractivity contribution in [1.82, 2.24) is 25.0 Å². The Bertz CT molecular complexity index is 5210. The van der Waals surface area contributed by atoms with E-state index in [1.54, 1.807) is 146 Å². The highest BCUT2D eigenvalue weighted by Crippen LogP contribution is 2.30. The van der Waals surface area contributed by atoms with E-state index in [-0.39, 0.29) is 77.3 Å². The molecule has 11 rings (SSSR count). The number of H-pyrrole nitrogens is 1. The lowest BCUT2D eigenvalue weighted by molar-refractivity contribution is 0.0696. The number of carboxylic acids is 1. The van der Waals surface area contributed by atoms with E-state index in [0.717, 1.165) is 44.3 Å². The van der Waals surface area contributed by atoms with Crippen LogP contribution in [0.2, 0.25) is 0 Å². The predicted octanol–water partition coefficient (Wildman–Crippen LogP) is 18.9. The molecular weight excluding hydrogens is 1590 g/mol. The summed E-state index contributed by atoms with van der Waals surface area (Å²) in [5.74, 6) is -3.43. The van der Waals surface area contributed by atoms with Gasteiger partial charge in [-0.05, 0) is 213 Å². The van der Waals surface area contributed by atoms with Crippen molar-refractivity contribution in [2.45, 2.75) is 133 Å². The van der Waals surface area contributed by atoms with Crippen molar-refractivity contribution in [2.75, 3.05) is 19.8 Å². The van der Waals surface area contributed by atoms with Crippen LogP contribution in [0.4, 0.5) is 26.3 Å². The van der Waals surface area contributed by atoms with Gasteiger partial charge >= 0.3 is 5.97 Å². The number of aromatic amines is 1. The maximum atomic E-state index is 14.2. The SMILES string of the molecule is C=CCC(NS(=O)C(C)(C)C)c1ccccc1F.CC(C)(C)S(=O)N=Cc1ccccc1F.CC(C)(C)S(=O)NC(CCO)c1ccccc1F.Cc1ccc(-c2cccc(C(=O)O)c2)cc1C=N.NC(CCO)c1ccccc1F.O=C(NC(CCO)c1ccccc1F)c1cccc(-c2ccc3[nH]ncc3c2)c1.O=Cc1ccccc1F. The zero-order valence-corrected chi connectivity index (χ0v) is 70.4. The molecule has 632 valence electrons. The van der Waals surface area contributed by atoms with E-state index in [1.807, 2.05) is 124 Å². The van der Waals surface area contributed by atoms with Gasteiger partial charge < -0.3 is 36.9 Å². The number of aliphatic hydroxyl groups excluding tert-OH is 3. The molecule has 0 spiro atoms. The van der Waals surface area contributed by atoms with E-state index in [2.05, 4.69) is 35.9 Å². The minimum Gasteiger partial charge on any atom is -0.478 e. The minimum atomic E-state index is -1.34. The summed E-state index contributed by atoms with van der Waals surface area (Å²) in [6.45, 7) is 22.0. The lowest BCUT2D eigenvalue weighted by Crippen LogP contribution is -2.36. The highest BCUT2D eigenvalue weighted by Gasteiger charge is 2.27. The van der Waals surface area contributed by atoms with Gasteiger partial charge in [-0.1, -0.05) is 152 Å². The molecule has 0 saturated heterocycles. The number of fused-ring (bicyclic) bond motifs is 1. The van der Waals surface area contributed by atoms with E-state index in [4.69, 9.17) is 26.5 Å². The summed E-state index contributed by atoms with van der Waals surface area (Å²) in [5.41, 5.74) is 15.0. The zero-order valence-electron chi connectivity index (χ0n) is 68.0. The smallest absolute Gasteiger partial charge is 0.335 e. The first-order valence-electron chi connectivity index (χ1n) is 37.7. The molecule has 1 heterocycles. The molecule has 1 aromatic heterocycles. The monoisotopic (exact) mass is 1690 g/mol. The number of amides is 1. The molecule has 27 heteroatoms. The Kier molecular flexibility index (Phi) is 41.1. The van der Waals surface area contributed by atoms with Crippen molar-refractivity contribution < 1.29 is 73.8 Å². The second-order valence-corrected chi connectivity index (χ2v) is 35.4. The fourth-order valence-electron chi connectivity index (χ4n) is 10.6. The third-order valence-corrected chi connectivity index (χ3v) is 21.8. The number of aromatic carboxylic acids is 1. The number of hydrogen-bond donors (Lipinski definition) is 10. The second kappa shape index (κ2) is 49.5. The number of hydrogen-bond acceptors (Lipinski definition) is 12. The minimum absolute atomic E-state index is 0.0184. The molecule has 7 unspecified atom stereocenters. The molecule has 11 aromatic rings. The summed E-state index contributed by atoms with van der Waals surface area (Å²) in [6.07, 6.45) is 8.04. The van der Waals surface area contributed by atoms with E-state index in [9.17, 15) is 58.5 Å². The van der Waals surface area contributed by atoms with Crippen LogP contribution in [0.3, 0.4) is 0 Å². The third kappa shape index (κ3) is 32.8. The van der Waals surface area contributed by atoms with Crippen LogP contribution in [0, 0.1) is 47.2 Å². The van der Waals surface area contributed by atoms with Crippen molar-refractivity contribution in [1.29, 1.82) is 5.41 Å². The Morgan fingerprint density at radius 2 is 0.933 bits per heavy atom. The van der Waals surface area contributed by atoms with Gasteiger partial charge in [0, 0.05) is 83.1 Å². The standard InChI is InChI=1S/C23H20FN3O2.C15H13NO2.C14H20FNOS.C13H20FNO2S.C11H14FNOS.C9H12FNO.C7H5FO/c24-20-7-2-1-6-19(20)22(10-11-28)26-23(29)17-5-3-4-15(12-17)16-8-9-21-18(13-16)14-25-27-21;1-10-5-6-12(8-14(10)9-16)11-3-2-4-13(7-11)15(17)18;1-5-8-13(16-18(17)14(2,3)4)11-9-6-7-10-12(11)15;1-13(2,3)18(17)15-12(8-9-16)10-6-4-5-7-11(10)14;1-11(2,3)15(14)13-8-9-6-4-5-7-10(9)12;10-8-4-2-1-3-7(8)9(11)5-6-12;8-7-4-2-1-3-6(7)5-9/h1-9,12-14,22,28H,10-11H2,(H,25,27)(H,26,29);2-9,16H,1H3,(H,17,18);5-7,9-10,13,16H,1,8H2,2-4H3;4-7,12,15-16H,8-9H2,1-3H3;4-8H,1-3H3;1-4,9,12H,5-6,11H2;1-5H. The highest BCUT2D eigenvalue weighted by molar-refractivity contribution is 7.85. The van der Waals surface area contributed by atoms with E-state index >= 15 is 0 Å². The van der Waals surface area contributed by atoms with E-state index in [0.29, 0.717) is 58.9 Å². The molecule has 0 saturated carbocycles.